The number of carbonyl (C=O) groups excluding carboxylic acids is 1. The zero-order valence-electron chi connectivity index (χ0n) is 16.2. The molecule has 0 radical (unpaired) electrons. The molecule has 0 N–H and O–H groups in total. The number of hydrogen-bond acceptors (Lipinski definition) is 3. The van der Waals surface area contributed by atoms with Gasteiger partial charge in [0.1, 0.15) is 5.92 Å². The van der Waals surface area contributed by atoms with E-state index in [0.29, 0.717) is 13.0 Å². The Hall–Kier alpha value is -1.04. The third kappa shape index (κ3) is 14.5. The third-order valence-corrected chi connectivity index (χ3v) is 4.57. The van der Waals surface area contributed by atoms with Crippen LogP contribution in [0.3, 0.4) is 0 Å². The molecule has 0 aromatic heterocycles. The second-order valence-electron chi connectivity index (χ2n) is 6.82. The number of nitriles is 1. The Bertz CT molecular complexity index is 322. The molecule has 0 saturated heterocycles. The predicted octanol–water partition coefficient (Wildman–Crippen LogP) is 6.56. The van der Waals surface area contributed by atoms with Crippen molar-refractivity contribution in [3.05, 3.63) is 0 Å². The second-order valence-corrected chi connectivity index (χ2v) is 6.82. The Labute approximate surface area is 150 Å². The molecule has 0 aromatic rings. The third-order valence-electron chi connectivity index (χ3n) is 4.57. The summed E-state index contributed by atoms with van der Waals surface area (Å²) in [6.07, 6.45) is 19.1. The zero-order chi connectivity index (χ0) is 17.9. The van der Waals surface area contributed by atoms with Gasteiger partial charge >= 0.3 is 5.97 Å². The molecule has 0 aromatic carbocycles. The van der Waals surface area contributed by atoms with Gasteiger partial charge in [0.05, 0.1) is 12.7 Å². The SMILES string of the molecule is CCCCCCCCCCCCCCCCC(C#N)C(=O)OCC. The van der Waals surface area contributed by atoms with Crippen molar-refractivity contribution >= 4 is 5.97 Å². The van der Waals surface area contributed by atoms with Crippen molar-refractivity contribution in [2.75, 3.05) is 6.61 Å². The van der Waals surface area contributed by atoms with E-state index < -0.39 is 5.92 Å². The van der Waals surface area contributed by atoms with Crippen molar-refractivity contribution in [1.82, 2.24) is 0 Å². The maximum atomic E-state index is 11.5. The molecule has 0 spiro atoms. The highest BCUT2D eigenvalue weighted by molar-refractivity contribution is 5.75. The van der Waals surface area contributed by atoms with Crippen LogP contribution in [0.2, 0.25) is 0 Å². The Balaban J connectivity index is 3.28. The lowest BCUT2D eigenvalue weighted by Gasteiger charge is -2.08. The zero-order valence-corrected chi connectivity index (χ0v) is 16.2. The largest absolute Gasteiger partial charge is 0.465 e. The summed E-state index contributed by atoms with van der Waals surface area (Å²) in [6.45, 7) is 4.40. The Kier molecular flexibility index (Phi) is 17.5. The van der Waals surface area contributed by atoms with Gasteiger partial charge in [-0.05, 0) is 13.3 Å². The predicted molar refractivity (Wildman–Crippen MR) is 101 cm³/mol. The number of rotatable bonds is 17. The van der Waals surface area contributed by atoms with E-state index in [-0.39, 0.29) is 5.97 Å². The lowest BCUT2D eigenvalue weighted by Crippen LogP contribution is -2.16. The average Bonchev–Trinajstić information content (AvgIpc) is 2.58. The summed E-state index contributed by atoms with van der Waals surface area (Å²) < 4.78 is 4.90. The molecule has 0 amide bonds. The van der Waals surface area contributed by atoms with Crippen LogP contribution in [-0.4, -0.2) is 12.6 Å². The summed E-state index contributed by atoms with van der Waals surface area (Å²) in [4.78, 5) is 11.5. The van der Waals surface area contributed by atoms with Gasteiger partial charge < -0.3 is 4.74 Å². The quantitative estimate of drug-likeness (QED) is 0.223. The van der Waals surface area contributed by atoms with Crippen LogP contribution in [0.5, 0.6) is 0 Å². The van der Waals surface area contributed by atoms with Crippen LogP contribution in [0, 0.1) is 17.2 Å². The molecule has 0 aliphatic rings. The summed E-state index contributed by atoms with van der Waals surface area (Å²) in [5, 5.41) is 8.98. The van der Waals surface area contributed by atoms with Gasteiger partial charge in [-0.15, -0.1) is 0 Å². The van der Waals surface area contributed by atoms with E-state index in [1.165, 1.54) is 77.0 Å². The summed E-state index contributed by atoms with van der Waals surface area (Å²) in [5.74, 6) is -0.919. The van der Waals surface area contributed by atoms with Crippen LogP contribution in [0.4, 0.5) is 0 Å². The van der Waals surface area contributed by atoms with Crippen molar-refractivity contribution in [2.24, 2.45) is 5.92 Å². The fraction of sp³-hybridized carbons (Fsp3) is 0.905. The molecule has 3 nitrogen and oxygen atoms in total. The first-order valence-corrected chi connectivity index (χ1v) is 10.3. The molecule has 0 heterocycles. The molecular formula is C21H39NO2. The number of hydrogen-bond donors (Lipinski definition) is 0. The summed E-state index contributed by atoms with van der Waals surface area (Å²) >= 11 is 0. The van der Waals surface area contributed by atoms with E-state index in [0.717, 1.165) is 12.8 Å². The lowest BCUT2D eigenvalue weighted by molar-refractivity contribution is -0.146. The average molecular weight is 338 g/mol. The van der Waals surface area contributed by atoms with Gasteiger partial charge in [-0.2, -0.15) is 5.26 Å². The molecule has 0 aliphatic heterocycles. The summed E-state index contributed by atoms with van der Waals surface area (Å²) in [5.41, 5.74) is 0. The minimum absolute atomic E-state index is 0.352. The number of ether oxygens (including phenoxy) is 1. The highest BCUT2D eigenvalue weighted by Crippen LogP contribution is 2.15. The maximum Gasteiger partial charge on any atom is 0.323 e. The van der Waals surface area contributed by atoms with Gasteiger partial charge in [-0.3, -0.25) is 4.79 Å². The number of nitrogens with zero attached hydrogens (tertiary/aromatic N) is 1. The number of unbranched alkanes of at least 4 members (excludes halogenated alkanes) is 13. The number of carbonyl (C=O) groups is 1. The van der Waals surface area contributed by atoms with Gasteiger partial charge in [0, 0.05) is 0 Å². The first-order valence-electron chi connectivity index (χ1n) is 10.3. The molecule has 3 heteroatoms. The topological polar surface area (TPSA) is 50.1 Å². The van der Waals surface area contributed by atoms with Crippen LogP contribution < -0.4 is 0 Å². The second kappa shape index (κ2) is 18.3. The molecular weight excluding hydrogens is 298 g/mol. The van der Waals surface area contributed by atoms with E-state index in [9.17, 15) is 4.79 Å². The van der Waals surface area contributed by atoms with Crippen LogP contribution in [0.1, 0.15) is 110 Å². The Morgan fingerprint density at radius 3 is 1.58 bits per heavy atom. The Morgan fingerprint density at radius 2 is 1.21 bits per heavy atom. The van der Waals surface area contributed by atoms with Gasteiger partial charge in [-0.25, -0.2) is 0 Å². The first-order chi connectivity index (χ1) is 11.8. The standard InChI is InChI=1S/C21H39NO2/c1-3-5-6-7-8-9-10-11-12-13-14-15-16-17-18-20(19-22)21(23)24-4-2/h20H,3-18H2,1-2H3. The van der Waals surface area contributed by atoms with Crippen LogP contribution in [-0.2, 0) is 9.53 Å². The monoisotopic (exact) mass is 337 g/mol. The van der Waals surface area contributed by atoms with Gasteiger partial charge in [-0.1, -0.05) is 96.8 Å². The molecule has 0 fully saturated rings. The van der Waals surface area contributed by atoms with Crippen LogP contribution in [0.25, 0.3) is 0 Å². The molecule has 0 aliphatic carbocycles. The highest BCUT2D eigenvalue weighted by Gasteiger charge is 2.18. The molecule has 0 bridgehead atoms. The van der Waals surface area contributed by atoms with Crippen molar-refractivity contribution < 1.29 is 9.53 Å². The van der Waals surface area contributed by atoms with Crippen molar-refractivity contribution in [2.45, 2.75) is 110 Å². The molecule has 0 rings (SSSR count). The fourth-order valence-corrected chi connectivity index (χ4v) is 3.02. The van der Waals surface area contributed by atoms with Crippen molar-refractivity contribution in [3.8, 4) is 6.07 Å². The van der Waals surface area contributed by atoms with Crippen LogP contribution >= 0.6 is 0 Å². The van der Waals surface area contributed by atoms with E-state index in [1.807, 2.05) is 0 Å². The van der Waals surface area contributed by atoms with E-state index in [1.54, 1.807) is 6.92 Å². The van der Waals surface area contributed by atoms with Crippen molar-refractivity contribution in [3.63, 3.8) is 0 Å². The molecule has 24 heavy (non-hydrogen) atoms. The minimum Gasteiger partial charge on any atom is -0.465 e. The van der Waals surface area contributed by atoms with E-state index in [4.69, 9.17) is 10.00 Å². The van der Waals surface area contributed by atoms with Crippen molar-refractivity contribution in [1.29, 1.82) is 5.26 Å². The van der Waals surface area contributed by atoms with Gasteiger partial charge in [0.15, 0.2) is 0 Å². The summed E-state index contributed by atoms with van der Waals surface area (Å²) in [7, 11) is 0. The normalized spacial score (nSPS) is 11.9. The van der Waals surface area contributed by atoms with Gasteiger partial charge in [0.2, 0.25) is 0 Å². The lowest BCUT2D eigenvalue weighted by atomic mass is 10.0. The molecule has 1 atom stereocenters. The number of esters is 1. The minimum atomic E-state index is -0.567. The maximum absolute atomic E-state index is 11.5. The molecule has 0 saturated carbocycles. The Morgan fingerprint density at radius 1 is 0.792 bits per heavy atom. The van der Waals surface area contributed by atoms with Crippen LogP contribution in [0.15, 0.2) is 0 Å². The molecule has 140 valence electrons. The fourth-order valence-electron chi connectivity index (χ4n) is 3.02. The molecule has 1 unspecified atom stereocenters. The van der Waals surface area contributed by atoms with E-state index in [2.05, 4.69) is 13.0 Å². The smallest absolute Gasteiger partial charge is 0.323 e. The summed E-state index contributed by atoms with van der Waals surface area (Å²) in [6, 6.07) is 2.06. The van der Waals surface area contributed by atoms with E-state index >= 15 is 0 Å². The first kappa shape index (κ1) is 23.0. The van der Waals surface area contributed by atoms with Gasteiger partial charge in [0.25, 0.3) is 0 Å². The highest BCUT2D eigenvalue weighted by atomic mass is 16.5.